The molecule has 5 heteroatoms. The van der Waals surface area contributed by atoms with Crippen molar-refractivity contribution in [3.05, 3.63) is 83.1 Å². The molecule has 0 aliphatic carbocycles. The maximum atomic E-state index is 12.7. The van der Waals surface area contributed by atoms with Crippen LogP contribution in [0, 0.1) is 6.92 Å². The van der Waals surface area contributed by atoms with E-state index in [-0.39, 0.29) is 11.5 Å². The van der Waals surface area contributed by atoms with Crippen LogP contribution in [0.3, 0.4) is 0 Å². The van der Waals surface area contributed by atoms with Gasteiger partial charge in [-0.1, -0.05) is 36.4 Å². The second-order valence-electron chi connectivity index (χ2n) is 8.29. The molecule has 3 aromatic rings. The fourth-order valence-electron chi connectivity index (χ4n) is 2.99. The van der Waals surface area contributed by atoms with Crippen molar-refractivity contribution in [2.24, 2.45) is 0 Å². The Bertz CT molecular complexity index is 1100. The Kier molecular flexibility index (Phi) is 5.80. The molecule has 0 spiro atoms. The summed E-state index contributed by atoms with van der Waals surface area (Å²) >= 11 is 0. The zero-order valence-corrected chi connectivity index (χ0v) is 18.0. The first-order valence-corrected chi connectivity index (χ1v) is 11.2. The number of carbonyl (C=O) groups is 1. The number of ketones is 1. The quantitative estimate of drug-likeness (QED) is 0.511. The van der Waals surface area contributed by atoms with E-state index in [2.05, 4.69) is 0 Å². The van der Waals surface area contributed by atoms with Gasteiger partial charge in [0, 0.05) is 17.5 Å². The molecule has 1 aromatic heterocycles. The molecule has 0 atom stereocenters. The van der Waals surface area contributed by atoms with E-state index in [0.29, 0.717) is 17.5 Å². The van der Waals surface area contributed by atoms with Crippen molar-refractivity contribution < 1.29 is 17.6 Å². The molecule has 3 rings (SSSR count). The van der Waals surface area contributed by atoms with Gasteiger partial charge in [-0.15, -0.1) is 0 Å². The molecule has 29 heavy (non-hydrogen) atoms. The summed E-state index contributed by atoms with van der Waals surface area (Å²) < 4.78 is 29.3. The largest absolute Gasteiger partial charge is 0.464 e. The molecule has 0 saturated carbocycles. The van der Waals surface area contributed by atoms with Gasteiger partial charge in [-0.05, 0) is 62.6 Å². The van der Waals surface area contributed by atoms with E-state index in [1.807, 2.05) is 37.3 Å². The Labute approximate surface area is 172 Å². The molecule has 152 valence electrons. The van der Waals surface area contributed by atoms with E-state index in [1.165, 1.54) is 0 Å². The molecule has 0 unspecified atom stereocenters. The normalized spacial score (nSPS) is 12.1. The van der Waals surface area contributed by atoms with Crippen LogP contribution in [0.5, 0.6) is 0 Å². The number of furan rings is 1. The van der Waals surface area contributed by atoms with Gasteiger partial charge in [-0.25, -0.2) is 8.42 Å². The summed E-state index contributed by atoms with van der Waals surface area (Å²) in [6.07, 6.45) is 1.93. The first-order chi connectivity index (χ1) is 13.6. The van der Waals surface area contributed by atoms with Crippen LogP contribution in [0.15, 0.2) is 65.3 Å². The fraction of sp³-hybridized carbons (Fsp3) is 0.292. The van der Waals surface area contributed by atoms with Crippen molar-refractivity contribution in [3.63, 3.8) is 0 Å². The van der Waals surface area contributed by atoms with Gasteiger partial charge in [0.25, 0.3) is 0 Å². The SMILES string of the molecule is Cc1cc(-c2ccco2)ccc1CC(=O)c1ccc(CS(=O)(=O)C(C)(C)C)cc1. The Morgan fingerprint density at radius 1 is 1.00 bits per heavy atom. The monoisotopic (exact) mass is 410 g/mol. The van der Waals surface area contributed by atoms with Gasteiger partial charge in [0.05, 0.1) is 16.8 Å². The van der Waals surface area contributed by atoms with E-state index in [1.54, 1.807) is 51.3 Å². The maximum Gasteiger partial charge on any atom is 0.167 e. The minimum Gasteiger partial charge on any atom is -0.464 e. The summed E-state index contributed by atoms with van der Waals surface area (Å²) in [5.74, 6) is 0.772. The van der Waals surface area contributed by atoms with Crippen LogP contribution in [-0.2, 0) is 22.0 Å². The molecular weight excluding hydrogens is 384 g/mol. The topological polar surface area (TPSA) is 64.3 Å². The van der Waals surface area contributed by atoms with E-state index in [0.717, 1.165) is 22.5 Å². The smallest absolute Gasteiger partial charge is 0.167 e. The summed E-state index contributed by atoms with van der Waals surface area (Å²) in [6.45, 7) is 7.06. The third-order valence-corrected chi connectivity index (χ3v) is 7.64. The van der Waals surface area contributed by atoms with Crippen LogP contribution in [0.1, 0.15) is 47.8 Å². The molecule has 1 heterocycles. The van der Waals surface area contributed by atoms with Crippen molar-refractivity contribution in [1.29, 1.82) is 0 Å². The van der Waals surface area contributed by atoms with Crippen molar-refractivity contribution in [2.75, 3.05) is 0 Å². The van der Waals surface area contributed by atoms with E-state index < -0.39 is 14.6 Å². The molecule has 0 saturated heterocycles. The fourth-order valence-corrected chi connectivity index (χ4v) is 4.05. The average Bonchev–Trinajstić information content (AvgIpc) is 3.17. The van der Waals surface area contributed by atoms with Gasteiger partial charge in [0.1, 0.15) is 5.76 Å². The lowest BCUT2D eigenvalue weighted by Gasteiger charge is -2.19. The highest BCUT2D eigenvalue weighted by Crippen LogP contribution is 2.24. The lowest BCUT2D eigenvalue weighted by atomic mass is 9.97. The standard InChI is InChI=1S/C24H26O4S/c1-17-14-21(23-6-5-13-28-23)12-11-20(17)15-22(25)19-9-7-18(8-10-19)16-29(26,27)24(2,3)4/h5-14H,15-16H2,1-4H3. The van der Waals surface area contributed by atoms with Crippen molar-refractivity contribution in [3.8, 4) is 11.3 Å². The van der Waals surface area contributed by atoms with Gasteiger partial charge in [0.2, 0.25) is 0 Å². The Balaban J connectivity index is 1.71. The van der Waals surface area contributed by atoms with E-state index in [4.69, 9.17) is 4.42 Å². The average molecular weight is 411 g/mol. The minimum atomic E-state index is -3.25. The van der Waals surface area contributed by atoms with Crippen molar-refractivity contribution >= 4 is 15.6 Å². The van der Waals surface area contributed by atoms with Crippen LogP contribution >= 0.6 is 0 Å². The molecule has 0 amide bonds. The lowest BCUT2D eigenvalue weighted by molar-refractivity contribution is 0.0992. The summed E-state index contributed by atoms with van der Waals surface area (Å²) in [5.41, 5.74) is 4.24. The number of hydrogen-bond acceptors (Lipinski definition) is 4. The number of hydrogen-bond donors (Lipinski definition) is 0. The lowest BCUT2D eigenvalue weighted by Crippen LogP contribution is -2.29. The predicted octanol–water partition coefficient (Wildman–Crippen LogP) is 5.39. The zero-order valence-electron chi connectivity index (χ0n) is 17.2. The number of benzene rings is 2. The van der Waals surface area contributed by atoms with Crippen molar-refractivity contribution in [1.82, 2.24) is 0 Å². The van der Waals surface area contributed by atoms with Gasteiger partial charge in [-0.2, -0.15) is 0 Å². The summed E-state index contributed by atoms with van der Waals surface area (Å²) in [6, 6.07) is 16.5. The Morgan fingerprint density at radius 3 is 2.24 bits per heavy atom. The zero-order chi connectivity index (χ0) is 21.2. The molecule has 0 bridgehead atoms. The van der Waals surface area contributed by atoms with E-state index in [9.17, 15) is 13.2 Å². The number of aryl methyl sites for hydroxylation is 1. The highest BCUT2D eigenvalue weighted by atomic mass is 32.2. The predicted molar refractivity (Wildman–Crippen MR) is 116 cm³/mol. The molecule has 0 radical (unpaired) electrons. The summed E-state index contributed by atoms with van der Waals surface area (Å²) in [5, 5.41) is 0. The van der Waals surface area contributed by atoms with Gasteiger partial charge < -0.3 is 4.42 Å². The van der Waals surface area contributed by atoms with Crippen LogP contribution in [-0.4, -0.2) is 18.9 Å². The highest BCUT2D eigenvalue weighted by Gasteiger charge is 2.28. The van der Waals surface area contributed by atoms with Gasteiger partial charge in [-0.3, -0.25) is 4.79 Å². The van der Waals surface area contributed by atoms with Crippen LogP contribution in [0.2, 0.25) is 0 Å². The molecule has 0 N–H and O–H groups in total. The summed E-state index contributed by atoms with van der Waals surface area (Å²) in [4.78, 5) is 12.7. The number of carbonyl (C=O) groups excluding carboxylic acids is 1. The van der Waals surface area contributed by atoms with Crippen molar-refractivity contribution in [2.45, 2.75) is 44.6 Å². The summed E-state index contributed by atoms with van der Waals surface area (Å²) in [7, 11) is -3.25. The Hall–Kier alpha value is -2.66. The van der Waals surface area contributed by atoms with Gasteiger partial charge >= 0.3 is 0 Å². The third kappa shape index (κ3) is 4.85. The van der Waals surface area contributed by atoms with Crippen LogP contribution in [0.25, 0.3) is 11.3 Å². The second kappa shape index (κ2) is 7.99. The first-order valence-electron chi connectivity index (χ1n) is 9.55. The Morgan fingerprint density at radius 2 is 1.69 bits per heavy atom. The number of Topliss-reactive ketones (excluding diaryl/α,β-unsaturated/α-hetero) is 1. The van der Waals surface area contributed by atoms with Crippen LogP contribution < -0.4 is 0 Å². The second-order valence-corrected chi connectivity index (χ2v) is 11.0. The maximum absolute atomic E-state index is 12.7. The van der Waals surface area contributed by atoms with Gasteiger partial charge in [0.15, 0.2) is 15.6 Å². The van der Waals surface area contributed by atoms with Crippen LogP contribution in [0.4, 0.5) is 0 Å². The first kappa shape index (κ1) is 21.1. The van der Waals surface area contributed by atoms with E-state index >= 15 is 0 Å². The highest BCUT2D eigenvalue weighted by molar-refractivity contribution is 7.91. The minimum absolute atomic E-state index is 0.00378. The molecule has 0 fully saturated rings. The molecule has 0 aliphatic rings. The third-order valence-electron chi connectivity index (χ3n) is 5.06. The molecule has 0 aliphatic heterocycles. The molecular formula is C24H26O4S. The number of rotatable bonds is 6. The molecule has 4 nitrogen and oxygen atoms in total. The molecule has 2 aromatic carbocycles. The number of sulfone groups is 1.